The molecule has 36 heavy (non-hydrogen) atoms. The minimum absolute atomic E-state index is 0.245. The number of benzene rings is 1. The first kappa shape index (κ1) is 22.4. The molecule has 5 heterocycles. The molecule has 0 atom stereocenters. The molecule has 0 bridgehead atoms. The van der Waals surface area contributed by atoms with E-state index in [1.807, 2.05) is 48.8 Å². The molecule has 1 aromatic carbocycles. The molecule has 182 valence electrons. The van der Waals surface area contributed by atoms with E-state index in [1.165, 1.54) is 0 Å². The number of aromatic nitrogens is 5. The van der Waals surface area contributed by atoms with Crippen molar-refractivity contribution in [1.82, 2.24) is 24.7 Å². The largest absolute Gasteiger partial charge is 0.378 e. The molecule has 0 spiro atoms. The van der Waals surface area contributed by atoms with E-state index in [4.69, 9.17) is 14.2 Å². The molecule has 1 N–H and O–H groups in total. The number of thiazole rings is 1. The number of morpholine rings is 1. The number of hydrogen-bond acceptors (Lipinski definition) is 9. The Bertz CT molecular complexity index is 1560. The Morgan fingerprint density at radius 2 is 1.92 bits per heavy atom. The van der Waals surface area contributed by atoms with Crippen molar-refractivity contribution < 1.29 is 14.1 Å². The third-order valence-electron chi connectivity index (χ3n) is 6.10. The molecule has 11 heteroatoms. The van der Waals surface area contributed by atoms with Gasteiger partial charge in [0, 0.05) is 48.4 Å². The van der Waals surface area contributed by atoms with Crippen molar-refractivity contribution in [2.45, 2.75) is 13.8 Å². The van der Waals surface area contributed by atoms with E-state index in [0.29, 0.717) is 28.5 Å². The summed E-state index contributed by atoms with van der Waals surface area (Å²) in [6.45, 7) is 6.81. The number of nitrogens with zero attached hydrogens (tertiary/aromatic N) is 6. The van der Waals surface area contributed by atoms with Gasteiger partial charge in [-0.25, -0.2) is 9.50 Å². The number of carbonyl (C=O) groups is 1. The molecule has 10 nitrogen and oxygen atoms in total. The molecule has 0 unspecified atom stereocenters. The summed E-state index contributed by atoms with van der Waals surface area (Å²) >= 11 is 1.62. The van der Waals surface area contributed by atoms with Gasteiger partial charge in [0.05, 0.1) is 36.2 Å². The minimum Gasteiger partial charge on any atom is -0.378 e. The number of amides is 1. The highest BCUT2D eigenvalue weighted by Crippen LogP contribution is 2.29. The molecule has 6 rings (SSSR count). The Labute approximate surface area is 210 Å². The van der Waals surface area contributed by atoms with Crippen LogP contribution in [0.3, 0.4) is 0 Å². The second-order valence-corrected chi connectivity index (χ2v) is 9.38. The number of hydrogen-bond donors (Lipinski definition) is 1. The number of ether oxygens (including phenoxy) is 1. The Balaban J connectivity index is 1.24. The fourth-order valence-electron chi connectivity index (χ4n) is 4.11. The fraction of sp³-hybridized carbons (Fsp3) is 0.240. The lowest BCUT2D eigenvalue weighted by Gasteiger charge is -2.26. The first-order chi connectivity index (χ1) is 17.5. The first-order valence-corrected chi connectivity index (χ1v) is 12.4. The van der Waals surface area contributed by atoms with Crippen LogP contribution in [-0.2, 0) is 4.74 Å². The highest BCUT2D eigenvalue weighted by Gasteiger charge is 2.18. The average molecular weight is 502 g/mol. The van der Waals surface area contributed by atoms with Gasteiger partial charge in [-0.3, -0.25) is 4.79 Å². The van der Waals surface area contributed by atoms with Crippen LogP contribution in [0.5, 0.6) is 0 Å². The summed E-state index contributed by atoms with van der Waals surface area (Å²) < 4.78 is 12.2. The third-order valence-corrected chi connectivity index (χ3v) is 7.00. The van der Waals surface area contributed by atoms with E-state index in [1.54, 1.807) is 29.0 Å². The maximum absolute atomic E-state index is 13.2. The molecule has 1 saturated heterocycles. The van der Waals surface area contributed by atoms with Crippen LogP contribution >= 0.6 is 11.3 Å². The summed E-state index contributed by atoms with van der Waals surface area (Å²) in [5, 5.41) is 14.4. The molecule has 0 saturated carbocycles. The maximum atomic E-state index is 13.2. The van der Waals surface area contributed by atoms with Crippen molar-refractivity contribution in [3.8, 4) is 22.6 Å². The summed E-state index contributed by atoms with van der Waals surface area (Å²) in [5.74, 6) is 0.715. The van der Waals surface area contributed by atoms with Crippen molar-refractivity contribution in [2.75, 3.05) is 36.5 Å². The van der Waals surface area contributed by atoms with Crippen LogP contribution in [0.1, 0.15) is 21.8 Å². The van der Waals surface area contributed by atoms with Crippen LogP contribution in [0.25, 0.3) is 28.2 Å². The summed E-state index contributed by atoms with van der Waals surface area (Å²) in [7, 11) is 0. The van der Waals surface area contributed by atoms with Crippen molar-refractivity contribution >= 4 is 33.6 Å². The molecule has 1 aliphatic heterocycles. The minimum atomic E-state index is -0.245. The van der Waals surface area contributed by atoms with Gasteiger partial charge in [0.15, 0.2) is 5.13 Å². The Morgan fingerprint density at radius 3 is 2.72 bits per heavy atom. The lowest BCUT2D eigenvalue weighted by Crippen LogP contribution is -2.36. The van der Waals surface area contributed by atoms with Crippen LogP contribution in [0.4, 0.5) is 10.8 Å². The Kier molecular flexibility index (Phi) is 5.70. The van der Waals surface area contributed by atoms with Crippen LogP contribution in [0, 0.1) is 13.8 Å². The highest BCUT2D eigenvalue weighted by molar-refractivity contribution is 7.14. The quantitative estimate of drug-likeness (QED) is 0.381. The van der Waals surface area contributed by atoms with Gasteiger partial charge in [-0.05, 0) is 30.7 Å². The lowest BCUT2D eigenvalue weighted by molar-refractivity contribution is 0.102. The summed E-state index contributed by atoms with van der Waals surface area (Å²) in [6.07, 6.45) is 3.48. The van der Waals surface area contributed by atoms with Crippen molar-refractivity contribution in [3.63, 3.8) is 0 Å². The van der Waals surface area contributed by atoms with Gasteiger partial charge in [0.1, 0.15) is 0 Å². The molecule has 1 aliphatic rings. The molecule has 5 aromatic rings. The van der Waals surface area contributed by atoms with Crippen LogP contribution in [-0.4, -0.2) is 56.9 Å². The lowest BCUT2D eigenvalue weighted by atomic mass is 10.1. The number of anilines is 2. The number of pyridine rings is 1. The second kappa shape index (κ2) is 9.17. The highest BCUT2D eigenvalue weighted by atomic mass is 32.1. The van der Waals surface area contributed by atoms with Gasteiger partial charge in [-0.2, -0.15) is 10.1 Å². The first-order valence-electron chi connectivity index (χ1n) is 11.5. The van der Waals surface area contributed by atoms with E-state index in [9.17, 15) is 4.79 Å². The van der Waals surface area contributed by atoms with E-state index in [0.717, 1.165) is 53.8 Å². The van der Waals surface area contributed by atoms with Crippen LogP contribution < -0.4 is 10.2 Å². The van der Waals surface area contributed by atoms with Gasteiger partial charge in [0.2, 0.25) is 11.7 Å². The van der Waals surface area contributed by atoms with Gasteiger partial charge < -0.3 is 19.5 Å². The molecular formula is C25H23N7O3S. The fourth-order valence-corrected chi connectivity index (χ4v) is 5.00. The number of fused-ring (bicyclic) bond motifs is 1. The zero-order valence-corrected chi connectivity index (χ0v) is 20.6. The van der Waals surface area contributed by atoms with E-state index >= 15 is 0 Å². The van der Waals surface area contributed by atoms with E-state index < -0.39 is 0 Å². The maximum Gasteiger partial charge on any atom is 0.259 e. The second-order valence-electron chi connectivity index (χ2n) is 8.54. The summed E-state index contributed by atoms with van der Waals surface area (Å²) in [4.78, 5) is 24.5. The molecular weight excluding hydrogens is 478 g/mol. The van der Waals surface area contributed by atoms with Crippen molar-refractivity contribution in [1.29, 1.82) is 0 Å². The van der Waals surface area contributed by atoms with Gasteiger partial charge in [-0.15, -0.1) is 11.3 Å². The monoisotopic (exact) mass is 501 g/mol. The molecule has 1 fully saturated rings. The predicted molar refractivity (Wildman–Crippen MR) is 136 cm³/mol. The van der Waals surface area contributed by atoms with Crippen LogP contribution in [0.15, 0.2) is 52.6 Å². The SMILES string of the molecule is Cc1nc(-c2ccc(C)c(NC(=O)c3cnn4cc(-c5csc(N6CCOCC6)n5)ccc34)c2)no1. The predicted octanol–water partition coefficient (Wildman–Crippen LogP) is 4.21. The number of carbonyl (C=O) groups excluding carboxylic acids is 1. The Hall–Kier alpha value is -4.09. The molecule has 0 aliphatic carbocycles. The van der Waals surface area contributed by atoms with Gasteiger partial charge in [0.25, 0.3) is 5.91 Å². The zero-order chi connectivity index (χ0) is 24.6. The normalized spacial score (nSPS) is 13.9. The van der Waals surface area contributed by atoms with Gasteiger partial charge >= 0.3 is 0 Å². The number of aryl methyl sites for hydroxylation is 2. The van der Waals surface area contributed by atoms with Crippen molar-refractivity contribution in [3.05, 3.63) is 65.1 Å². The third kappa shape index (κ3) is 4.23. The van der Waals surface area contributed by atoms with E-state index in [-0.39, 0.29) is 5.91 Å². The van der Waals surface area contributed by atoms with Crippen LogP contribution in [0.2, 0.25) is 0 Å². The standard InChI is InChI=1S/C25H23N7O3S/c1-15-3-4-17(23-27-16(2)35-30-23)11-20(15)28-24(33)19-12-26-32-13-18(5-6-22(19)32)21-14-36-25(29-21)31-7-9-34-10-8-31/h3-6,11-14H,7-10H2,1-2H3,(H,28,33). The average Bonchev–Trinajstić information content (AvgIpc) is 3.65. The summed E-state index contributed by atoms with van der Waals surface area (Å²) in [6, 6.07) is 9.52. The molecule has 0 radical (unpaired) electrons. The van der Waals surface area contributed by atoms with Gasteiger partial charge in [-0.1, -0.05) is 17.3 Å². The van der Waals surface area contributed by atoms with Crippen molar-refractivity contribution in [2.24, 2.45) is 0 Å². The molecule has 1 amide bonds. The topological polar surface area (TPSA) is 111 Å². The summed E-state index contributed by atoms with van der Waals surface area (Å²) in [5.41, 5.74) is 5.37. The number of nitrogens with one attached hydrogen (secondary N) is 1. The number of rotatable bonds is 5. The molecule has 4 aromatic heterocycles. The Morgan fingerprint density at radius 1 is 1.08 bits per heavy atom. The zero-order valence-electron chi connectivity index (χ0n) is 19.8. The smallest absolute Gasteiger partial charge is 0.259 e. The van der Waals surface area contributed by atoms with E-state index in [2.05, 4.69) is 25.5 Å².